The minimum absolute atomic E-state index is 0.0846. The zero-order valence-corrected chi connectivity index (χ0v) is 15.0. The highest BCUT2D eigenvalue weighted by Crippen LogP contribution is 2.25. The number of ether oxygens (including phenoxy) is 1. The van der Waals surface area contributed by atoms with Crippen LogP contribution in [0.5, 0.6) is 0 Å². The van der Waals surface area contributed by atoms with Crippen LogP contribution in [0.4, 0.5) is 10.5 Å². The van der Waals surface area contributed by atoms with Crippen molar-refractivity contribution in [3.05, 3.63) is 41.0 Å². The van der Waals surface area contributed by atoms with Crippen molar-refractivity contribution in [3.63, 3.8) is 0 Å². The quantitative estimate of drug-likeness (QED) is 0.911. The summed E-state index contributed by atoms with van der Waals surface area (Å²) in [6, 6.07) is 6.13. The Morgan fingerprint density at radius 1 is 1.35 bits per heavy atom. The van der Waals surface area contributed by atoms with Crippen LogP contribution in [0.2, 0.25) is 0 Å². The van der Waals surface area contributed by atoms with E-state index in [-0.39, 0.29) is 12.1 Å². The molecule has 138 valence electrons. The van der Waals surface area contributed by atoms with Crippen molar-refractivity contribution in [1.82, 2.24) is 15.0 Å². The highest BCUT2D eigenvalue weighted by atomic mass is 16.5. The summed E-state index contributed by atoms with van der Waals surface area (Å²) in [7, 11) is 0. The van der Waals surface area contributed by atoms with Gasteiger partial charge < -0.3 is 19.5 Å². The van der Waals surface area contributed by atoms with E-state index in [9.17, 15) is 4.79 Å². The first-order chi connectivity index (χ1) is 12.7. The number of urea groups is 1. The molecule has 1 aromatic heterocycles. The van der Waals surface area contributed by atoms with Gasteiger partial charge >= 0.3 is 6.03 Å². The normalized spacial score (nSPS) is 19.4. The van der Waals surface area contributed by atoms with E-state index >= 15 is 0 Å². The van der Waals surface area contributed by atoms with Gasteiger partial charge in [0.1, 0.15) is 0 Å². The summed E-state index contributed by atoms with van der Waals surface area (Å²) in [4.78, 5) is 18.7. The topological polar surface area (TPSA) is 80.5 Å². The third-order valence-corrected chi connectivity index (χ3v) is 5.00. The number of benzene rings is 1. The SMILES string of the molecule is CCc1nc(C[C@H]2CN(C(=O)Nc3ccc4c(c3)CCC4)CCO2)no1. The second kappa shape index (κ2) is 7.45. The second-order valence-corrected chi connectivity index (χ2v) is 6.87. The van der Waals surface area contributed by atoms with Crippen molar-refractivity contribution < 1.29 is 14.1 Å². The van der Waals surface area contributed by atoms with E-state index in [1.165, 1.54) is 17.5 Å². The third kappa shape index (κ3) is 3.72. The average Bonchev–Trinajstić information content (AvgIpc) is 3.30. The first-order valence-electron chi connectivity index (χ1n) is 9.32. The van der Waals surface area contributed by atoms with E-state index in [0.29, 0.717) is 44.3 Å². The number of hydrogen-bond donors (Lipinski definition) is 1. The van der Waals surface area contributed by atoms with Crippen molar-refractivity contribution in [2.45, 2.75) is 45.1 Å². The minimum Gasteiger partial charge on any atom is -0.374 e. The highest BCUT2D eigenvalue weighted by Gasteiger charge is 2.26. The van der Waals surface area contributed by atoms with E-state index in [2.05, 4.69) is 27.6 Å². The molecule has 7 nitrogen and oxygen atoms in total. The van der Waals surface area contributed by atoms with E-state index < -0.39 is 0 Å². The van der Waals surface area contributed by atoms with Gasteiger partial charge in [-0.1, -0.05) is 18.1 Å². The number of carbonyl (C=O) groups excluding carboxylic acids is 1. The summed E-state index contributed by atoms with van der Waals surface area (Å²) in [5, 5.41) is 6.99. The van der Waals surface area contributed by atoms with Gasteiger partial charge in [0.05, 0.1) is 12.7 Å². The van der Waals surface area contributed by atoms with Crippen LogP contribution in [0, 0.1) is 0 Å². The fourth-order valence-corrected chi connectivity index (χ4v) is 3.60. The number of fused-ring (bicyclic) bond motifs is 1. The fraction of sp³-hybridized carbons (Fsp3) is 0.526. The summed E-state index contributed by atoms with van der Waals surface area (Å²) in [6.07, 6.45) is 4.60. The highest BCUT2D eigenvalue weighted by molar-refractivity contribution is 5.89. The molecule has 0 saturated carbocycles. The number of carbonyl (C=O) groups is 1. The van der Waals surface area contributed by atoms with Gasteiger partial charge in [0, 0.05) is 31.6 Å². The third-order valence-electron chi connectivity index (χ3n) is 5.00. The lowest BCUT2D eigenvalue weighted by molar-refractivity contribution is -0.0125. The van der Waals surface area contributed by atoms with Crippen LogP contribution < -0.4 is 5.32 Å². The molecule has 2 aliphatic rings. The number of aromatic nitrogens is 2. The van der Waals surface area contributed by atoms with Gasteiger partial charge in [0.2, 0.25) is 5.89 Å². The Labute approximate surface area is 152 Å². The molecule has 1 saturated heterocycles. The number of morpholine rings is 1. The number of aryl methyl sites for hydroxylation is 3. The van der Waals surface area contributed by atoms with Crippen molar-refractivity contribution in [2.75, 3.05) is 25.0 Å². The Kier molecular flexibility index (Phi) is 4.88. The van der Waals surface area contributed by atoms with Crippen molar-refractivity contribution >= 4 is 11.7 Å². The summed E-state index contributed by atoms with van der Waals surface area (Å²) in [5.41, 5.74) is 3.62. The Morgan fingerprint density at radius 2 is 2.23 bits per heavy atom. The molecule has 1 atom stereocenters. The van der Waals surface area contributed by atoms with E-state index in [1.54, 1.807) is 4.90 Å². The molecular formula is C19H24N4O3. The predicted octanol–water partition coefficient (Wildman–Crippen LogP) is 2.60. The molecule has 2 heterocycles. The molecule has 0 radical (unpaired) electrons. The number of nitrogens with one attached hydrogen (secondary N) is 1. The predicted molar refractivity (Wildman–Crippen MR) is 96.2 cm³/mol. The smallest absolute Gasteiger partial charge is 0.322 e. The Morgan fingerprint density at radius 3 is 3.08 bits per heavy atom. The molecule has 0 bridgehead atoms. The summed E-state index contributed by atoms with van der Waals surface area (Å²) < 4.78 is 10.9. The molecule has 4 rings (SSSR count). The van der Waals surface area contributed by atoms with Gasteiger partial charge in [-0.05, 0) is 42.5 Å². The molecule has 2 aromatic rings. The monoisotopic (exact) mass is 356 g/mol. The largest absolute Gasteiger partial charge is 0.374 e. The van der Waals surface area contributed by atoms with Gasteiger partial charge in [-0.25, -0.2) is 4.79 Å². The van der Waals surface area contributed by atoms with Crippen LogP contribution in [0.15, 0.2) is 22.7 Å². The van der Waals surface area contributed by atoms with Crippen LogP contribution in [0.1, 0.15) is 36.2 Å². The Hall–Kier alpha value is -2.41. The molecule has 1 N–H and O–H groups in total. The lowest BCUT2D eigenvalue weighted by atomic mass is 10.1. The van der Waals surface area contributed by atoms with Crippen LogP contribution in [0.3, 0.4) is 0 Å². The van der Waals surface area contributed by atoms with Gasteiger partial charge in [0.25, 0.3) is 0 Å². The Balaban J connectivity index is 1.35. The van der Waals surface area contributed by atoms with Gasteiger partial charge in [0.15, 0.2) is 5.82 Å². The van der Waals surface area contributed by atoms with E-state index in [0.717, 1.165) is 18.5 Å². The van der Waals surface area contributed by atoms with Crippen LogP contribution in [0.25, 0.3) is 0 Å². The number of rotatable bonds is 4. The first-order valence-corrected chi connectivity index (χ1v) is 9.32. The van der Waals surface area contributed by atoms with Gasteiger partial charge in [-0.3, -0.25) is 0 Å². The zero-order valence-electron chi connectivity index (χ0n) is 15.0. The molecule has 1 fully saturated rings. The van der Waals surface area contributed by atoms with Crippen molar-refractivity contribution in [2.24, 2.45) is 0 Å². The lowest BCUT2D eigenvalue weighted by Crippen LogP contribution is -2.48. The fourth-order valence-electron chi connectivity index (χ4n) is 3.60. The first kappa shape index (κ1) is 17.0. The molecule has 1 aliphatic carbocycles. The van der Waals surface area contributed by atoms with E-state index in [1.807, 2.05) is 13.0 Å². The molecule has 0 unspecified atom stereocenters. The van der Waals surface area contributed by atoms with Crippen LogP contribution >= 0.6 is 0 Å². The maximum atomic E-state index is 12.6. The number of nitrogens with zero attached hydrogens (tertiary/aromatic N) is 3. The van der Waals surface area contributed by atoms with Gasteiger partial charge in [-0.15, -0.1) is 0 Å². The molecule has 7 heteroatoms. The summed E-state index contributed by atoms with van der Waals surface area (Å²) in [5.74, 6) is 1.26. The molecular weight excluding hydrogens is 332 g/mol. The maximum Gasteiger partial charge on any atom is 0.322 e. The maximum absolute atomic E-state index is 12.6. The molecule has 0 spiro atoms. The summed E-state index contributed by atoms with van der Waals surface area (Å²) in [6.45, 7) is 3.59. The number of hydrogen-bond acceptors (Lipinski definition) is 5. The molecule has 26 heavy (non-hydrogen) atoms. The molecule has 1 aliphatic heterocycles. The Bertz CT molecular complexity index is 789. The van der Waals surface area contributed by atoms with Crippen molar-refractivity contribution in [1.29, 1.82) is 0 Å². The zero-order chi connectivity index (χ0) is 17.9. The number of amides is 2. The standard InChI is InChI=1S/C19H24N4O3/c1-2-18-21-17(22-26-18)11-16-12-23(8-9-25-16)19(24)20-15-7-6-13-4-3-5-14(13)10-15/h6-7,10,16H,2-5,8-9,11-12H2,1H3,(H,20,24)/t16-/m0/s1. The van der Waals surface area contributed by atoms with Crippen LogP contribution in [-0.2, 0) is 30.4 Å². The summed E-state index contributed by atoms with van der Waals surface area (Å²) >= 11 is 0. The minimum atomic E-state index is -0.114. The van der Waals surface area contributed by atoms with Crippen LogP contribution in [-0.4, -0.2) is 46.9 Å². The van der Waals surface area contributed by atoms with E-state index in [4.69, 9.17) is 9.26 Å². The van der Waals surface area contributed by atoms with Gasteiger partial charge in [-0.2, -0.15) is 4.98 Å². The second-order valence-electron chi connectivity index (χ2n) is 6.87. The molecule has 1 aromatic carbocycles. The number of anilines is 1. The average molecular weight is 356 g/mol. The molecule has 2 amide bonds. The lowest BCUT2D eigenvalue weighted by Gasteiger charge is -2.32. The van der Waals surface area contributed by atoms with Crippen molar-refractivity contribution in [3.8, 4) is 0 Å².